The Morgan fingerprint density at radius 2 is 1.78 bits per heavy atom. The molecule has 0 radical (unpaired) electrons. The molecule has 2 aromatic carbocycles. The Bertz CT molecular complexity index is 939. The van der Waals surface area contributed by atoms with Crippen LogP contribution >= 0.6 is 0 Å². The summed E-state index contributed by atoms with van der Waals surface area (Å²) < 4.78 is 2.27. The highest BCUT2D eigenvalue weighted by Gasteiger charge is 2.29. The van der Waals surface area contributed by atoms with E-state index in [1.54, 1.807) is 0 Å². The van der Waals surface area contributed by atoms with Gasteiger partial charge in [-0.15, -0.1) is 0 Å². The van der Waals surface area contributed by atoms with Gasteiger partial charge in [-0.05, 0) is 54.1 Å². The van der Waals surface area contributed by atoms with Gasteiger partial charge >= 0.3 is 5.82 Å². The van der Waals surface area contributed by atoms with Crippen LogP contribution in [0.3, 0.4) is 0 Å². The van der Waals surface area contributed by atoms with Crippen LogP contribution in [-0.4, -0.2) is 4.98 Å². The molecule has 23 heavy (non-hydrogen) atoms. The zero-order valence-corrected chi connectivity index (χ0v) is 14.1. The van der Waals surface area contributed by atoms with Crippen molar-refractivity contribution in [3.05, 3.63) is 70.5 Å². The molecule has 0 unspecified atom stereocenters. The highest BCUT2D eigenvalue weighted by molar-refractivity contribution is 5.77. The van der Waals surface area contributed by atoms with Crippen molar-refractivity contribution < 1.29 is 4.57 Å². The molecule has 0 bridgehead atoms. The molecule has 0 N–H and O–H groups in total. The highest BCUT2D eigenvalue weighted by atomic mass is 15.0. The first kappa shape index (κ1) is 14.1. The molecule has 0 saturated carbocycles. The average Bonchev–Trinajstić information content (AvgIpc) is 2.91. The molecule has 1 aromatic heterocycles. The zero-order valence-electron chi connectivity index (χ0n) is 14.1. The minimum Gasteiger partial charge on any atom is -0.229 e. The van der Waals surface area contributed by atoms with E-state index in [0.717, 1.165) is 12.2 Å². The van der Waals surface area contributed by atoms with Crippen molar-refractivity contribution in [1.29, 1.82) is 0 Å². The third-order valence-corrected chi connectivity index (χ3v) is 4.97. The minimum atomic E-state index is 0.989. The molecule has 1 heterocycles. The van der Waals surface area contributed by atoms with E-state index in [-0.39, 0.29) is 0 Å². The molecule has 0 fully saturated rings. The predicted octanol–water partition coefficient (Wildman–Crippen LogP) is 4.07. The third-order valence-electron chi connectivity index (χ3n) is 4.97. The summed E-state index contributed by atoms with van der Waals surface area (Å²) in [6, 6.07) is 13.1. The first-order valence-electron chi connectivity index (χ1n) is 8.10. The monoisotopic (exact) mass is 301 g/mol. The number of aromatic nitrogens is 2. The fraction of sp³-hybridized carbons (Fsp3) is 0.238. The van der Waals surface area contributed by atoms with Gasteiger partial charge in [-0.2, -0.15) is 0 Å². The summed E-state index contributed by atoms with van der Waals surface area (Å²) in [6.07, 6.45) is 3.05. The van der Waals surface area contributed by atoms with Crippen LogP contribution in [0.4, 0.5) is 0 Å². The van der Waals surface area contributed by atoms with Crippen LogP contribution < -0.4 is 4.57 Å². The lowest BCUT2D eigenvalue weighted by Gasteiger charge is -2.08. The molecule has 0 amide bonds. The highest BCUT2D eigenvalue weighted by Crippen LogP contribution is 2.37. The van der Waals surface area contributed by atoms with Gasteiger partial charge in [0.2, 0.25) is 0 Å². The van der Waals surface area contributed by atoms with Gasteiger partial charge in [0.05, 0.1) is 18.2 Å². The third kappa shape index (κ3) is 2.09. The lowest BCUT2D eigenvalue weighted by molar-refractivity contribution is -0.669. The van der Waals surface area contributed by atoms with Crippen LogP contribution in [0.15, 0.2) is 42.6 Å². The van der Waals surface area contributed by atoms with Gasteiger partial charge in [0.15, 0.2) is 6.20 Å². The molecule has 1 aliphatic carbocycles. The SMILES string of the molecule is Cc1ccc(C)c(-c2ncc3c([n+]2C)Cc2cccc(C)c2-3)c1. The lowest BCUT2D eigenvalue weighted by atomic mass is 10.0. The molecule has 0 aliphatic heterocycles. The lowest BCUT2D eigenvalue weighted by Crippen LogP contribution is -2.37. The first-order chi connectivity index (χ1) is 11.1. The minimum absolute atomic E-state index is 0.989. The van der Waals surface area contributed by atoms with Crippen LogP contribution in [0, 0.1) is 20.8 Å². The van der Waals surface area contributed by atoms with Crippen molar-refractivity contribution in [2.45, 2.75) is 27.2 Å². The Balaban J connectivity index is 1.94. The van der Waals surface area contributed by atoms with E-state index in [2.05, 4.69) is 75.0 Å². The zero-order chi connectivity index (χ0) is 16.1. The number of nitrogens with zero attached hydrogens (tertiary/aromatic N) is 2. The van der Waals surface area contributed by atoms with E-state index >= 15 is 0 Å². The van der Waals surface area contributed by atoms with Gasteiger partial charge in [-0.1, -0.05) is 35.9 Å². The van der Waals surface area contributed by atoms with E-state index in [1.807, 2.05) is 0 Å². The van der Waals surface area contributed by atoms with Crippen LogP contribution in [-0.2, 0) is 13.5 Å². The second-order valence-electron chi connectivity index (χ2n) is 6.61. The van der Waals surface area contributed by atoms with Gasteiger partial charge < -0.3 is 0 Å². The number of aryl methyl sites for hydroxylation is 3. The maximum atomic E-state index is 4.83. The van der Waals surface area contributed by atoms with Crippen LogP contribution in [0.5, 0.6) is 0 Å². The summed E-state index contributed by atoms with van der Waals surface area (Å²) in [7, 11) is 2.14. The summed E-state index contributed by atoms with van der Waals surface area (Å²) in [5, 5.41) is 0. The molecule has 114 valence electrons. The van der Waals surface area contributed by atoms with Crippen molar-refractivity contribution >= 4 is 0 Å². The largest absolute Gasteiger partial charge is 0.330 e. The van der Waals surface area contributed by atoms with Crippen molar-refractivity contribution in [2.75, 3.05) is 0 Å². The smallest absolute Gasteiger partial charge is 0.229 e. The number of fused-ring (bicyclic) bond motifs is 3. The standard InChI is InChI=1S/C21H21N2/c1-13-8-9-14(2)17(10-13)21-22-12-18-19(23(21)4)11-16-7-5-6-15(3)20(16)18/h5-10,12H,11H2,1-4H3/q+1. The van der Waals surface area contributed by atoms with Crippen molar-refractivity contribution in [1.82, 2.24) is 4.98 Å². The number of benzene rings is 2. The van der Waals surface area contributed by atoms with E-state index in [4.69, 9.17) is 4.98 Å². The number of hydrogen-bond donors (Lipinski definition) is 0. The topological polar surface area (TPSA) is 16.8 Å². The first-order valence-corrected chi connectivity index (χ1v) is 8.10. The van der Waals surface area contributed by atoms with Crippen molar-refractivity contribution in [3.63, 3.8) is 0 Å². The molecule has 1 aliphatic rings. The molecular weight excluding hydrogens is 280 g/mol. The van der Waals surface area contributed by atoms with Gasteiger partial charge in [0.25, 0.3) is 0 Å². The summed E-state index contributed by atoms with van der Waals surface area (Å²) in [4.78, 5) is 4.83. The maximum absolute atomic E-state index is 4.83. The normalized spacial score (nSPS) is 12.2. The fourth-order valence-electron chi connectivity index (χ4n) is 3.69. The summed E-state index contributed by atoms with van der Waals surface area (Å²) in [5.41, 5.74) is 10.5. The summed E-state index contributed by atoms with van der Waals surface area (Å²) in [6.45, 7) is 6.48. The van der Waals surface area contributed by atoms with Crippen LogP contribution in [0.2, 0.25) is 0 Å². The molecule has 3 aromatic rings. The average molecular weight is 301 g/mol. The maximum Gasteiger partial charge on any atom is 0.330 e. The van der Waals surface area contributed by atoms with E-state index in [9.17, 15) is 0 Å². The van der Waals surface area contributed by atoms with E-state index in [1.165, 1.54) is 44.6 Å². The Morgan fingerprint density at radius 1 is 0.957 bits per heavy atom. The Morgan fingerprint density at radius 3 is 2.61 bits per heavy atom. The molecular formula is C21H21N2+. The summed E-state index contributed by atoms with van der Waals surface area (Å²) >= 11 is 0. The summed E-state index contributed by atoms with van der Waals surface area (Å²) in [5.74, 6) is 1.05. The molecule has 0 atom stereocenters. The molecule has 4 rings (SSSR count). The van der Waals surface area contributed by atoms with E-state index < -0.39 is 0 Å². The van der Waals surface area contributed by atoms with Crippen LogP contribution in [0.1, 0.15) is 27.9 Å². The van der Waals surface area contributed by atoms with Crippen LogP contribution in [0.25, 0.3) is 22.5 Å². The Kier molecular flexibility index (Phi) is 3.08. The molecule has 0 spiro atoms. The van der Waals surface area contributed by atoms with Gasteiger partial charge in [0.1, 0.15) is 5.69 Å². The number of hydrogen-bond acceptors (Lipinski definition) is 1. The van der Waals surface area contributed by atoms with Gasteiger partial charge in [-0.3, -0.25) is 0 Å². The fourth-order valence-corrected chi connectivity index (χ4v) is 3.69. The molecule has 2 nitrogen and oxygen atoms in total. The predicted molar refractivity (Wildman–Crippen MR) is 93.3 cm³/mol. The van der Waals surface area contributed by atoms with Gasteiger partial charge in [0, 0.05) is 6.42 Å². The second kappa shape index (κ2) is 5.02. The van der Waals surface area contributed by atoms with Gasteiger partial charge in [-0.25, -0.2) is 4.57 Å². The Labute approximate surface area is 137 Å². The van der Waals surface area contributed by atoms with Crippen molar-refractivity contribution in [3.8, 4) is 22.5 Å². The molecule has 2 heteroatoms. The molecule has 0 saturated heterocycles. The quantitative estimate of drug-likeness (QED) is 0.484. The number of rotatable bonds is 1. The van der Waals surface area contributed by atoms with Crippen molar-refractivity contribution in [2.24, 2.45) is 7.05 Å². The van der Waals surface area contributed by atoms with E-state index in [0.29, 0.717) is 0 Å². The second-order valence-corrected chi connectivity index (χ2v) is 6.61. The Hall–Kier alpha value is -2.48.